The lowest BCUT2D eigenvalue weighted by molar-refractivity contribution is -0.148. The van der Waals surface area contributed by atoms with Gasteiger partial charge in [-0.3, -0.25) is 4.79 Å². The van der Waals surface area contributed by atoms with Gasteiger partial charge in [-0.05, 0) is 42.5 Å². The van der Waals surface area contributed by atoms with Crippen LogP contribution in [0, 0.1) is 0 Å². The summed E-state index contributed by atoms with van der Waals surface area (Å²) in [5, 5.41) is 3.02. The maximum absolute atomic E-state index is 12.5. The van der Waals surface area contributed by atoms with E-state index in [9.17, 15) is 9.59 Å². The summed E-state index contributed by atoms with van der Waals surface area (Å²) in [5.74, 6) is -0.408. The largest absolute Gasteiger partial charge is 0.452 e. The molecule has 0 saturated carbocycles. The van der Waals surface area contributed by atoms with Gasteiger partial charge in [0.2, 0.25) is 0 Å². The van der Waals surface area contributed by atoms with E-state index in [1.807, 2.05) is 35.7 Å². The Labute approximate surface area is 171 Å². The van der Waals surface area contributed by atoms with Crippen LogP contribution in [0.2, 0.25) is 0 Å². The SMILES string of the molecule is O=C(/C=C/c1cccs1)OCC(=O)N1CCC[C@@H](c2nc3ccccc3s2)C1. The van der Waals surface area contributed by atoms with E-state index in [1.54, 1.807) is 22.3 Å². The van der Waals surface area contributed by atoms with Crippen molar-refractivity contribution in [2.45, 2.75) is 18.8 Å². The van der Waals surface area contributed by atoms with Gasteiger partial charge >= 0.3 is 5.97 Å². The van der Waals surface area contributed by atoms with Gasteiger partial charge in [0.15, 0.2) is 6.61 Å². The van der Waals surface area contributed by atoms with Crippen LogP contribution in [0.15, 0.2) is 47.9 Å². The number of para-hydroxylation sites is 1. The zero-order chi connectivity index (χ0) is 19.3. The number of likely N-dealkylation sites (tertiary alicyclic amines) is 1. The number of hydrogen-bond acceptors (Lipinski definition) is 6. The molecule has 1 saturated heterocycles. The number of thiazole rings is 1. The van der Waals surface area contributed by atoms with Crippen molar-refractivity contribution in [3.8, 4) is 0 Å². The highest BCUT2D eigenvalue weighted by Crippen LogP contribution is 2.32. The van der Waals surface area contributed by atoms with Crippen molar-refractivity contribution in [3.05, 3.63) is 57.7 Å². The first-order valence-electron chi connectivity index (χ1n) is 9.20. The van der Waals surface area contributed by atoms with Gasteiger partial charge in [0, 0.05) is 30.0 Å². The standard InChI is InChI=1S/C21H20N2O3S2/c24-19(14-26-20(25)10-9-16-6-4-12-27-16)23-11-3-5-15(13-23)21-22-17-7-1-2-8-18(17)28-21/h1-2,4,6-10,12,15H,3,5,11,13-14H2/b10-9+/t15-/m1/s1. The Bertz CT molecular complexity index is 961. The lowest BCUT2D eigenvalue weighted by Crippen LogP contribution is -2.41. The number of nitrogens with zero attached hydrogens (tertiary/aromatic N) is 2. The van der Waals surface area contributed by atoms with Crippen LogP contribution in [0.25, 0.3) is 16.3 Å². The van der Waals surface area contributed by atoms with Crippen molar-refractivity contribution in [2.75, 3.05) is 19.7 Å². The Morgan fingerprint density at radius 3 is 2.96 bits per heavy atom. The minimum atomic E-state index is -0.499. The molecule has 7 heteroatoms. The number of fused-ring (bicyclic) bond motifs is 1. The fourth-order valence-electron chi connectivity index (χ4n) is 3.28. The second-order valence-electron chi connectivity index (χ2n) is 6.66. The second-order valence-corrected chi connectivity index (χ2v) is 8.70. The highest BCUT2D eigenvalue weighted by molar-refractivity contribution is 7.18. The van der Waals surface area contributed by atoms with Gasteiger partial charge in [-0.2, -0.15) is 0 Å². The van der Waals surface area contributed by atoms with E-state index in [2.05, 4.69) is 6.07 Å². The van der Waals surface area contributed by atoms with Crippen molar-refractivity contribution < 1.29 is 14.3 Å². The van der Waals surface area contributed by atoms with E-state index in [0.717, 1.165) is 28.2 Å². The number of benzene rings is 1. The highest BCUT2D eigenvalue weighted by atomic mass is 32.1. The van der Waals surface area contributed by atoms with Crippen molar-refractivity contribution >= 4 is 50.8 Å². The molecule has 1 aliphatic rings. The van der Waals surface area contributed by atoms with Crippen molar-refractivity contribution in [1.82, 2.24) is 9.88 Å². The third kappa shape index (κ3) is 4.48. The fourth-order valence-corrected chi connectivity index (χ4v) is 4.99. The van der Waals surface area contributed by atoms with Crippen LogP contribution in [0.4, 0.5) is 0 Å². The second kappa shape index (κ2) is 8.67. The molecule has 0 radical (unpaired) electrons. The molecule has 1 amide bonds. The lowest BCUT2D eigenvalue weighted by atomic mass is 9.99. The zero-order valence-electron chi connectivity index (χ0n) is 15.2. The Morgan fingerprint density at radius 1 is 1.25 bits per heavy atom. The van der Waals surface area contributed by atoms with Crippen LogP contribution >= 0.6 is 22.7 Å². The molecule has 2 aromatic heterocycles. The van der Waals surface area contributed by atoms with E-state index >= 15 is 0 Å². The highest BCUT2D eigenvalue weighted by Gasteiger charge is 2.27. The topological polar surface area (TPSA) is 59.5 Å². The Balaban J connectivity index is 1.32. The summed E-state index contributed by atoms with van der Waals surface area (Å²) in [6.07, 6.45) is 5.01. The van der Waals surface area contributed by atoms with Crippen molar-refractivity contribution in [3.63, 3.8) is 0 Å². The van der Waals surface area contributed by atoms with Crippen molar-refractivity contribution in [2.24, 2.45) is 0 Å². The quantitative estimate of drug-likeness (QED) is 0.463. The number of esters is 1. The smallest absolute Gasteiger partial charge is 0.331 e. The molecule has 0 unspecified atom stereocenters. The van der Waals surface area contributed by atoms with Gasteiger partial charge < -0.3 is 9.64 Å². The summed E-state index contributed by atoms with van der Waals surface area (Å²) in [7, 11) is 0. The van der Waals surface area contributed by atoms with Gasteiger partial charge in [-0.25, -0.2) is 9.78 Å². The average molecular weight is 413 g/mol. The molecule has 3 heterocycles. The third-order valence-electron chi connectivity index (χ3n) is 4.70. The van der Waals surface area contributed by atoms with E-state index in [0.29, 0.717) is 13.1 Å². The number of carbonyl (C=O) groups excluding carboxylic acids is 2. The molecule has 1 aliphatic heterocycles. The van der Waals surface area contributed by atoms with E-state index in [1.165, 1.54) is 22.1 Å². The number of carbonyl (C=O) groups is 2. The van der Waals surface area contributed by atoms with Gasteiger partial charge in [-0.1, -0.05) is 18.2 Å². The molecule has 3 aromatic rings. The number of aromatic nitrogens is 1. The first-order valence-corrected chi connectivity index (χ1v) is 10.9. The summed E-state index contributed by atoms with van der Waals surface area (Å²) < 4.78 is 6.29. The van der Waals surface area contributed by atoms with Gasteiger partial charge in [-0.15, -0.1) is 22.7 Å². The number of ether oxygens (including phenoxy) is 1. The minimum absolute atomic E-state index is 0.149. The molecule has 1 atom stereocenters. The maximum Gasteiger partial charge on any atom is 0.331 e. The van der Waals surface area contributed by atoms with Gasteiger partial charge in [0.1, 0.15) is 0 Å². The normalized spacial score (nSPS) is 17.3. The summed E-state index contributed by atoms with van der Waals surface area (Å²) in [6.45, 7) is 1.10. The van der Waals surface area contributed by atoms with Crippen LogP contribution < -0.4 is 0 Å². The van der Waals surface area contributed by atoms with Crippen LogP contribution in [0.3, 0.4) is 0 Å². The van der Waals surface area contributed by atoms with Crippen LogP contribution in [-0.4, -0.2) is 41.5 Å². The summed E-state index contributed by atoms with van der Waals surface area (Å²) in [6, 6.07) is 11.9. The number of hydrogen-bond donors (Lipinski definition) is 0. The number of piperidine rings is 1. The number of amides is 1. The Morgan fingerprint density at radius 2 is 2.14 bits per heavy atom. The summed E-state index contributed by atoms with van der Waals surface area (Å²) in [4.78, 5) is 31.8. The molecule has 144 valence electrons. The third-order valence-corrected chi connectivity index (χ3v) is 6.73. The number of rotatable bonds is 5. The predicted octanol–water partition coefficient (Wildman–Crippen LogP) is 4.32. The van der Waals surface area contributed by atoms with E-state index < -0.39 is 5.97 Å². The fraction of sp³-hybridized carbons (Fsp3) is 0.286. The molecule has 1 aromatic carbocycles. The van der Waals surface area contributed by atoms with E-state index in [-0.39, 0.29) is 18.4 Å². The molecule has 1 fully saturated rings. The first-order chi connectivity index (χ1) is 13.7. The van der Waals surface area contributed by atoms with Gasteiger partial charge in [0.25, 0.3) is 5.91 Å². The Kier molecular flexibility index (Phi) is 5.83. The Hall–Kier alpha value is -2.51. The number of thiophene rings is 1. The predicted molar refractivity (Wildman–Crippen MR) is 112 cm³/mol. The molecule has 28 heavy (non-hydrogen) atoms. The van der Waals surface area contributed by atoms with E-state index in [4.69, 9.17) is 9.72 Å². The first kappa shape index (κ1) is 18.8. The summed E-state index contributed by atoms with van der Waals surface area (Å²) >= 11 is 3.24. The minimum Gasteiger partial charge on any atom is -0.452 e. The van der Waals surface area contributed by atoms with Crippen LogP contribution in [-0.2, 0) is 14.3 Å². The average Bonchev–Trinajstić information content (AvgIpc) is 3.40. The maximum atomic E-state index is 12.5. The molecule has 5 nitrogen and oxygen atoms in total. The molecular formula is C21H20N2O3S2. The molecular weight excluding hydrogens is 392 g/mol. The molecule has 4 rings (SSSR count). The van der Waals surface area contributed by atoms with Crippen LogP contribution in [0.1, 0.15) is 28.6 Å². The van der Waals surface area contributed by atoms with Crippen LogP contribution in [0.5, 0.6) is 0 Å². The summed E-state index contributed by atoms with van der Waals surface area (Å²) in [5.41, 5.74) is 1.01. The molecule has 0 spiro atoms. The molecule has 0 N–H and O–H groups in total. The van der Waals surface area contributed by atoms with Crippen molar-refractivity contribution in [1.29, 1.82) is 0 Å². The lowest BCUT2D eigenvalue weighted by Gasteiger charge is -2.31. The molecule has 0 aliphatic carbocycles. The zero-order valence-corrected chi connectivity index (χ0v) is 16.9. The van der Waals surface area contributed by atoms with Gasteiger partial charge in [0.05, 0.1) is 15.2 Å². The molecule has 0 bridgehead atoms. The monoisotopic (exact) mass is 412 g/mol.